The molecule has 0 bridgehead atoms. The van der Waals surface area contributed by atoms with Gasteiger partial charge in [-0.15, -0.1) is 0 Å². The summed E-state index contributed by atoms with van der Waals surface area (Å²) in [5.74, 6) is 0.0973. The van der Waals surface area contributed by atoms with Crippen LogP contribution in [0.2, 0.25) is 5.02 Å². The fraction of sp³-hybridized carbons (Fsp3) is 0.471. The molecule has 1 aromatic carbocycles. The Balaban J connectivity index is 1.94. The molecule has 0 fully saturated rings. The second-order valence-corrected chi connectivity index (χ2v) is 8.38. The molecule has 1 aromatic heterocycles. The number of nitrogens with one attached hydrogen (secondary N) is 2. The largest absolute Gasteiger partial charge is 0.311 e. The fourth-order valence-corrected chi connectivity index (χ4v) is 3.35. The van der Waals surface area contributed by atoms with Crippen LogP contribution in [0.5, 0.6) is 0 Å². The van der Waals surface area contributed by atoms with E-state index in [-0.39, 0.29) is 5.75 Å². The Bertz CT molecular complexity index is 818. The molecule has 0 aliphatic carbocycles. The summed E-state index contributed by atoms with van der Waals surface area (Å²) in [5.41, 5.74) is 4.21. The van der Waals surface area contributed by atoms with Crippen molar-refractivity contribution in [3.05, 3.63) is 51.8 Å². The predicted octanol–water partition coefficient (Wildman–Crippen LogP) is 2.23. The molecule has 0 unspecified atom stereocenters. The van der Waals surface area contributed by atoms with Crippen molar-refractivity contribution in [2.45, 2.75) is 33.9 Å². The van der Waals surface area contributed by atoms with E-state index < -0.39 is 10.0 Å². The number of rotatable bonds is 9. The summed E-state index contributed by atoms with van der Waals surface area (Å²) in [5, 5.41) is 8.60. The summed E-state index contributed by atoms with van der Waals surface area (Å²) in [4.78, 5) is 0. The van der Waals surface area contributed by atoms with E-state index in [2.05, 4.69) is 15.1 Å². The van der Waals surface area contributed by atoms with Gasteiger partial charge >= 0.3 is 0 Å². The van der Waals surface area contributed by atoms with Gasteiger partial charge in [-0.25, -0.2) is 13.1 Å². The average molecular weight is 385 g/mol. The van der Waals surface area contributed by atoms with Crippen molar-refractivity contribution in [3.63, 3.8) is 0 Å². The Morgan fingerprint density at radius 3 is 2.60 bits per heavy atom. The van der Waals surface area contributed by atoms with E-state index in [1.807, 2.05) is 42.8 Å². The minimum atomic E-state index is -3.13. The van der Waals surface area contributed by atoms with Crippen LogP contribution in [0, 0.1) is 13.8 Å². The summed E-state index contributed by atoms with van der Waals surface area (Å²) in [6.07, 6.45) is 0. The second-order valence-electron chi connectivity index (χ2n) is 5.87. The van der Waals surface area contributed by atoms with Crippen molar-refractivity contribution in [2.24, 2.45) is 0 Å². The van der Waals surface area contributed by atoms with E-state index in [0.717, 1.165) is 27.5 Å². The summed E-state index contributed by atoms with van der Waals surface area (Å²) in [7, 11) is -3.13. The van der Waals surface area contributed by atoms with Crippen LogP contribution in [0.25, 0.3) is 0 Å². The normalized spacial score (nSPS) is 11.8. The van der Waals surface area contributed by atoms with E-state index >= 15 is 0 Å². The monoisotopic (exact) mass is 384 g/mol. The predicted molar refractivity (Wildman–Crippen MR) is 101 cm³/mol. The third kappa shape index (κ3) is 5.54. The van der Waals surface area contributed by atoms with Crippen molar-refractivity contribution in [2.75, 3.05) is 18.8 Å². The lowest BCUT2D eigenvalue weighted by atomic mass is 10.2. The SMILES string of the molecule is CCS(=O)(=O)NCCNCc1c(C)nn(Cc2ccccc2Cl)c1C. The van der Waals surface area contributed by atoms with Gasteiger partial charge in [0.1, 0.15) is 0 Å². The van der Waals surface area contributed by atoms with Gasteiger partial charge in [-0.1, -0.05) is 29.8 Å². The van der Waals surface area contributed by atoms with Crippen molar-refractivity contribution in [3.8, 4) is 0 Å². The Labute approximate surface area is 154 Å². The Morgan fingerprint density at radius 2 is 1.92 bits per heavy atom. The molecule has 0 aliphatic rings. The molecule has 0 radical (unpaired) electrons. The van der Waals surface area contributed by atoms with Crippen LogP contribution >= 0.6 is 11.6 Å². The van der Waals surface area contributed by atoms with Gasteiger partial charge < -0.3 is 5.32 Å². The maximum absolute atomic E-state index is 11.4. The van der Waals surface area contributed by atoms with Crippen molar-refractivity contribution >= 4 is 21.6 Å². The van der Waals surface area contributed by atoms with Crippen LogP contribution in [0.4, 0.5) is 0 Å². The number of halogens is 1. The van der Waals surface area contributed by atoms with E-state index in [1.54, 1.807) is 6.92 Å². The van der Waals surface area contributed by atoms with Crippen LogP contribution in [-0.4, -0.2) is 37.0 Å². The van der Waals surface area contributed by atoms with Gasteiger partial charge in [0, 0.05) is 35.9 Å². The number of nitrogens with zero attached hydrogens (tertiary/aromatic N) is 2. The van der Waals surface area contributed by atoms with Crippen LogP contribution in [0.15, 0.2) is 24.3 Å². The van der Waals surface area contributed by atoms with Gasteiger partial charge in [0.05, 0.1) is 18.0 Å². The standard InChI is InChI=1S/C17H25ClN4O2S/c1-4-25(23,24)20-10-9-19-11-16-13(2)21-22(14(16)3)12-15-7-5-6-8-17(15)18/h5-8,19-20H,4,9-12H2,1-3H3. The maximum atomic E-state index is 11.4. The molecule has 0 atom stereocenters. The van der Waals surface area contributed by atoms with E-state index in [9.17, 15) is 8.42 Å². The molecule has 0 saturated carbocycles. The third-order valence-electron chi connectivity index (χ3n) is 4.11. The highest BCUT2D eigenvalue weighted by Gasteiger charge is 2.12. The zero-order valence-electron chi connectivity index (χ0n) is 14.8. The number of hydrogen-bond acceptors (Lipinski definition) is 4. The molecule has 6 nitrogen and oxygen atoms in total. The summed E-state index contributed by atoms with van der Waals surface area (Å²) < 4.78 is 27.3. The summed E-state index contributed by atoms with van der Waals surface area (Å²) in [6, 6.07) is 7.75. The second kappa shape index (κ2) is 8.80. The Hall–Kier alpha value is -1.41. The summed E-state index contributed by atoms with van der Waals surface area (Å²) in [6.45, 7) is 7.85. The minimum Gasteiger partial charge on any atom is -0.311 e. The topological polar surface area (TPSA) is 76.0 Å². The van der Waals surface area contributed by atoms with Crippen LogP contribution in [0.3, 0.4) is 0 Å². The Kier molecular flexibility index (Phi) is 7.01. The fourth-order valence-electron chi connectivity index (χ4n) is 2.54. The zero-order valence-corrected chi connectivity index (χ0v) is 16.4. The van der Waals surface area contributed by atoms with E-state index in [0.29, 0.717) is 26.2 Å². The van der Waals surface area contributed by atoms with Gasteiger partial charge in [-0.2, -0.15) is 5.10 Å². The molecule has 2 N–H and O–H groups in total. The first-order chi connectivity index (χ1) is 11.8. The first-order valence-corrected chi connectivity index (χ1v) is 10.3. The summed E-state index contributed by atoms with van der Waals surface area (Å²) >= 11 is 6.23. The molecule has 8 heteroatoms. The van der Waals surface area contributed by atoms with Gasteiger partial charge in [0.2, 0.25) is 10.0 Å². The lowest BCUT2D eigenvalue weighted by Gasteiger charge is -2.09. The highest BCUT2D eigenvalue weighted by Crippen LogP contribution is 2.19. The molecule has 25 heavy (non-hydrogen) atoms. The molecule has 0 spiro atoms. The van der Waals surface area contributed by atoms with Gasteiger partial charge in [0.25, 0.3) is 0 Å². The molecule has 138 valence electrons. The quantitative estimate of drug-likeness (QED) is 0.650. The third-order valence-corrected chi connectivity index (χ3v) is 5.89. The lowest BCUT2D eigenvalue weighted by Crippen LogP contribution is -2.32. The number of sulfonamides is 1. The Morgan fingerprint density at radius 1 is 1.20 bits per heavy atom. The lowest BCUT2D eigenvalue weighted by molar-refractivity contribution is 0.576. The molecule has 1 heterocycles. The van der Waals surface area contributed by atoms with E-state index in [4.69, 9.17) is 11.6 Å². The highest BCUT2D eigenvalue weighted by molar-refractivity contribution is 7.89. The molecule has 2 aromatic rings. The van der Waals surface area contributed by atoms with Crippen LogP contribution < -0.4 is 10.0 Å². The van der Waals surface area contributed by atoms with Crippen molar-refractivity contribution in [1.82, 2.24) is 19.8 Å². The molecular weight excluding hydrogens is 360 g/mol. The molecular formula is C17H25ClN4O2S. The maximum Gasteiger partial charge on any atom is 0.211 e. The van der Waals surface area contributed by atoms with Crippen molar-refractivity contribution < 1.29 is 8.42 Å². The molecule has 2 rings (SSSR count). The zero-order chi connectivity index (χ0) is 18.4. The van der Waals surface area contributed by atoms with Crippen molar-refractivity contribution in [1.29, 1.82) is 0 Å². The highest BCUT2D eigenvalue weighted by atomic mass is 35.5. The van der Waals surface area contributed by atoms with Gasteiger partial charge in [-0.3, -0.25) is 4.68 Å². The number of aromatic nitrogens is 2. The molecule has 0 amide bonds. The number of hydrogen-bond donors (Lipinski definition) is 2. The van der Waals surface area contributed by atoms with E-state index in [1.165, 1.54) is 0 Å². The molecule has 0 aliphatic heterocycles. The van der Waals surface area contributed by atoms with Gasteiger partial charge in [0.15, 0.2) is 0 Å². The minimum absolute atomic E-state index is 0.0973. The first kappa shape index (κ1) is 19.9. The number of benzene rings is 1. The molecule has 0 saturated heterocycles. The average Bonchev–Trinajstić information content (AvgIpc) is 2.84. The van der Waals surface area contributed by atoms with Gasteiger partial charge in [-0.05, 0) is 32.4 Å². The number of aryl methyl sites for hydroxylation is 1. The van der Waals surface area contributed by atoms with Crippen LogP contribution in [-0.2, 0) is 23.1 Å². The smallest absolute Gasteiger partial charge is 0.211 e. The first-order valence-electron chi connectivity index (χ1n) is 8.28. The van der Waals surface area contributed by atoms with Crippen LogP contribution in [0.1, 0.15) is 29.4 Å².